The lowest BCUT2D eigenvalue weighted by Crippen LogP contribution is -2.37. The smallest absolute Gasteiger partial charge is 0.269 e. The van der Waals surface area contributed by atoms with E-state index in [1.54, 1.807) is 0 Å². The van der Waals surface area contributed by atoms with Crippen LogP contribution >= 0.6 is 0 Å². The second-order valence-electron chi connectivity index (χ2n) is 4.10. The number of nitro groups is 1. The van der Waals surface area contributed by atoms with Crippen molar-refractivity contribution in [1.29, 1.82) is 0 Å². The molecule has 0 spiro atoms. The van der Waals surface area contributed by atoms with Crippen LogP contribution in [-0.2, 0) is 9.53 Å². The predicted molar refractivity (Wildman–Crippen MR) is 64.0 cm³/mol. The number of non-ortho nitro benzene ring substituents is 1. The Balaban J connectivity index is 2.00. The fourth-order valence-electron chi connectivity index (χ4n) is 1.74. The van der Waals surface area contributed by atoms with Gasteiger partial charge in [0.25, 0.3) is 5.69 Å². The van der Waals surface area contributed by atoms with Gasteiger partial charge >= 0.3 is 0 Å². The Labute approximate surface area is 103 Å². The molecule has 0 aliphatic carbocycles. The summed E-state index contributed by atoms with van der Waals surface area (Å²) in [7, 11) is 0. The van der Waals surface area contributed by atoms with E-state index in [0.717, 1.165) is 0 Å². The van der Waals surface area contributed by atoms with Gasteiger partial charge in [-0.25, -0.2) is 0 Å². The fraction of sp³-hybridized carbons (Fsp3) is 0.364. The maximum Gasteiger partial charge on any atom is 0.269 e. The summed E-state index contributed by atoms with van der Waals surface area (Å²) in [4.78, 5) is 21.8. The number of nitro benzene ring substituents is 1. The van der Waals surface area contributed by atoms with Gasteiger partial charge in [-0.2, -0.15) is 0 Å². The summed E-state index contributed by atoms with van der Waals surface area (Å²) in [5.74, 6) is -0.603. The zero-order valence-corrected chi connectivity index (χ0v) is 9.54. The minimum atomic E-state index is -0.494. The molecule has 0 bridgehead atoms. The topological polar surface area (TPSA) is 107 Å². The number of hydrogen-bond acceptors (Lipinski definition) is 5. The molecule has 1 aliphatic heterocycles. The lowest BCUT2D eigenvalue weighted by atomic mass is 10.0. The molecule has 18 heavy (non-hydrogen) atoms. The van der Waals surface area contributed by atoms with E-state index in [1.165, 1.54) is 24.3 Å². The number of amides is 1. The van der Waals surface area contributed by atoms with Gasteiger partial charge in [-0.3, -0.25) is 14.9 Å². The minimum Gasteiger partial charge on any atom is -0.379 e. The second kappa shape index (κ2) is 5.11. The van der Waals surface area contributed by atoms with Crippen molar-refractivity contribution in [3.8, 4) is 0 Å². The second-order valence-corrected chi connectivity index (χ2v) is 4.10. The third kappa shape index (κ3) is 2.63. The van der Waals surface area contributed by atoms with Crippen LogP contribution in [0.1, 0.15) is 0 Å². The summed E-state index contributed by atoms with van der Waals surface area (Å²) in [5.41, 5.74) is 6.21. The Morgan fingerprint density at radius 3 is 2.56 bits per heavy atom. The number of hydrogen-bond donors (Lipinski definition) is 2. The molecule has 1 aromatic rings. The molecule has 1 fully saturated rings. The van der Waals surface area contributed by atoms with E-state index in [9.17, 15) is 14.9 Å². The Hall–Kier alpha value is -1.99. The number of carbonyl (C=O) groups excluding carboxylic acids is 1. The molecule has 96 valence electrons. The monoisotopic (exact) mass is 251 g/mol. The van der Waals surface area contributed by atoms with E-state index >= 15 is 0 Å². The van der Waals surface area contributed by atoms with Gasteiger partial charge in [0.1, 0.15) is 0 Å². The van der Waals surface area contributed by atoms with Crippen LogP contribution in [0.3, 0.4) is 0 Å². The van der Waals surface area contributed by atoms with Gasteiger partial charge in [0, 0.05) is 23.9 Å². The molecule has 1 amide bonds. The molecule has 7 nitrogen and oxygen atoms in total. The summed E-state index contributed by atoms with van der Waals surface area (Å²) >= 11 is 0. The molecule has 0 radical (unpaired) electrons. The quantitative estimate of drug-likeness (QED) is 0.601. The molecule has 1 aromatic carbocycles. The highest BCUT2D eigenvalue weighted by Crippen LogP contribution is 2.18. The SMILES string of the molecule is NC1COCC1C(=O)Nc1ccc([N+](=O)[O-])cc1. The Morgan fingerprint density at radius 2 is 2.06 bits per heavy atom. The van der Waals surface area contributed by atoms with Gasteiger partial charge < -0.3 is 15.8 Å². The summed E-state index contributed by atoms with van der Waals surface area (Å²) in [6.07, 6.45) is 0. The van der Waals surface area contributed by atoms with Gasteiger partial charge in [-0.05, 0) is 12.1 Å². The molecule has 0 saturated carbocycles. The van der Waals surface area contributed by atoms with E-state index < -0.39 is 4.92 Å². The van der Waals surface area contributed by atoms with Crippen molar-refractivity contribution in [3.05, 3.63) is 34.4 Å². The molecule has 2 atom stereocenters. The van der Waals surface area contributed by atoms with Crippen molar-refractivity contribution in [2.45, 2.75) is 6.04 Å². The maximum absolute atomic E-state index is 11.8. The van der Waals surface area contributed by atoms with Crippen molar-refractivity contribution in [1.82, 2.24) is 0 Å². The first kappa shape index (κ1) is 12.5. The molecular formula is C11H13N3O4. The van der Waals surface area contributed by atoms with Crippen LogP contribution < -0.4 is 11.1 Å². The van der Waals surface area contributed by atoms with Crippen molar-refractivity contribution in [2.75, 3.05) is 18.5 Å². The van der Waals surface area contributed by atoms with E-state index in [-0.39, 0.29) is 23.6 Å². The Bertz CT molecular complexity index is 460. The van der Waals surface area contributed by atoms with Crippen LogP contribution in [0.15, 0.2) is 24.3 Å². The molecule has 0 aromatic heterocycles. The number of nitrogens with two attached hydrogens (primary N) is 1. The first-order valence-electron chi connectivity index (χ1n) is 5.46. The van der Waals surface area contributed by atoms with Crippen LogP contribution in [-0.4, -0.2) is 30.1 Å². The number of ether oxygens (including phenoxy) is 1. The summed E-state index contributed by atoms with van der Waals surface area (Å²) in [5, 5.41) is 13.1. The van der Waals surface area contributed by atoms with Crippen LogP contribution in [0.2, 0.25) is 0 Å². The van der Waals surface area contributed by atoms with E-state index in [0.29, 0.717) is 18.9 Å². The summed E-state index contributed by atoms with van der Waals surface area (Å²) in [6.45, 7) is 0.679. The lowest BCUT2D eigenvalue weighted by molar-refractivity contribution is -0.384. The number of rotatable bonds is 3. The maximum atomic E-state index is 11.8. The van der Waals surface area contributed by atoms with E-state index in [4.69, 9.17) is 10.5 Å². The standard InChI is InChI=1S/C11H13N3O4/c12-10-6-18-5-9(10)11(15)13-7-1-3-8(4-2-7)14(16)17/h1-4,9-10H,5-6,12H2,(H,13,15). The zero-order valence-electron chi connectivity index (χ0n) is 9.54. The first-order chi connectivity index (χ1) is 8.58. The average molecular weight is 251 g/mol. The van der Waals surface area contributed by atoms with Gasteiger partial charge in [-0.1, -0.05) is 0 Å². The molecule has 1 heterocycles. The minimum absolute atomic E-state index is 0.0195. The molecule has 2 unspecified atom stereocenters. The first-order valence-corrected chi connectivity index (χ1v) is 5.46. The van der Waals surface area contributed by atoms with Crippen LogP contribution in [0.25, 0.3) is 0 Å². The van der Waals surface area contributed by atoms with Gasteiger partial charge in [0.15, 0.2) is 0 Å². The zero-order chi connectivity index (χ0) is 13.1. The fourth-order valence-corrected chi connectivity index (χ4v) is 1.74. The molecule has 1 saturated heterocycles. The third-order valence-electron chi connectivity index (χ3n) is 2.81. The van der Waals surface area contributed by atoms with Crippen LogP contribution in [0, 0.1) is 16.0 Å². The van der Waals surface area contributed by atoms with Gasteiger partial charge in [0.05, 0.1) is 24.1 Å². The highest BCUT2D eigenvalue weighted by Gasteiger charge is 2.31. The number of carbonyl (C=O) groups is 1. The van der Waals surface area contributed by atoms with Crippen LogP contribution in [0.4, 0.5) is 11.4 Å². The highest BCUT2D eigenvalue weighted by atomic mass is 16.6. The molecule has 7 heteroatoms. The van der Waals surface area contributed by atoms with Gasteiger partial charge in [0.2, 0.25) is 5.91 Å². The van der Waals surface area contributed by atoms with Gasteiger partial charge in [-0.15, -0.1) is 0 Å². The Kier molecular flexibility index (Phi) is 3.54. The van der Waals surface area contributed by atoms with E-state index in [1.807, 2.05) is 0 Å². The normalized spacial score (nSPS) is 22.7. The average Bonchev–Trinajstić information content (AvgIpc) is 2.76. The lowest BCUT2D eigenvalue weighted by Gasteiger charge is -2.13. The summed E-state index contributed by atoms with van der Waals surface area (Å²) in [6, 6.07) is 5.33. The molecule has 1 aliphatic rings. The molecule has 3 N–H and O–H groups in total. The number of nitrogens with one attached hydrogen (secondary N) is 1. The highest BCUT2D eigenvalue weighted by molar-refractivity contribution is 5.93. The largest absolute Gasteiger partial charge is 0.379 e. The van der Waals surface area contributed by atoms with Crippen LogP contribution in [0.5, 0.6) is 0 Å². The Morgan fingerprint density at radius 1 is 1.39 bits per heavy atom. The van der Waals surface area contributed by atoms with Crippen molar-refractivity contribution in [2.24, 2.45) is 11.7 Å². The van der Waals surface area contributed by atoms with Crippen molar-refractivity contribution in [3.63, 3.8) is 0 Å². The van der Waals surface area contributed by atoms with E-state index in [2.05, 4.69) is 5.32 Å². The molecular weight excluding hydrogens is 238 g/mol. The molecule has 2 rings (SSSR count). The third-order valence-corrected chi connectivity index (χ3v) is 2.81. The summed E-state index contributed by atoms with van der Waals surface area (Å²) < 4.78 is 5.10. The number of nitrogens with zero attached hydrogens (tertiary/aromatic N) is 1. The van der Waals surface area contributed by atoms with Crippen molar-refractivity contribution < 1.29 is 14.5 Å². The van der Waals surface area contributed by atoms with Crippen molar-refractivity contribution >= 4 is 17.3 Å². The predicted octanol–water partition coefficient (Wildman–Crippen LogP) is 0.507. The number of anilines is 1. The number of benzene rings is 1.